The number of hydrogen-bond donors (Lipinski definition) is 2. The third kappa shape index (κ3) is 1.68. The second kappa shape index (κ2) is 3.95. The molecule has 1 aliphatic heterocycles. The van der Waals surface area contributed by atoms with Gasteiger partial charge in [-0.05, 0) is 18.1 Å². The van der Waals surface area contributed by atoms with E-state index in [1.165, 1.54) is 17.0 Å². The summed E-state index contributed by atoms with van der Waals surface area (Å²) in [4.78, 5) is 0. The van der Waals surface area contributed by atoms with Crippen LogP contribution in [-0.2, 0) is 12.2 Å². The van der Waals surface area contributed by atoms with E-state index in [9.17, 15) is 0 Å². The Morgan fingerprint density at radius 3 is 3.00 bits per heavy atom. The molecule has 0 amide bonds. The largest absolute Gasteiger partial charge is 0.322 e. The van der Waals surface area contributed by atoms with Crippen molar-refractivity contribution in [1.29, 1.82) is 0 Å². The minimum Gasteiger partial charge on any atom is -0.322 e. The SMILES string of the molecule is CC(C)C(N)c1n[nH]c2c1CSCC2. The highest BCUT2D eigenvalue weighted by Gasteiger charge is 2.22. The van der Waals surface area contributed by atoms with Crippen molar-refractivity contribution < 1.29 is 0 Å². The molecule has 3 N–H and O–H groups in total. The summed E-state index contributed by atoms with van der Waals surface area (Å²) in [6.45, 7) is 4.28. The first-order chi connectivity index (χ1) is 6.70. The van der Waals surface area contributed by atoms with Gasteiger partial charge in [0.2, 0.25) is 0 Å². The van der Waals surface area contributed by atoms with Crippen LogP contribution in [0.5, 0.6) is 0 Å². The second-order valence-corrected chi connectivity index (χ2v) is 5.24. The first kappa shape index (κ1) is 10.1. The summed E-state index contributed by atoms with van der Waals surface area (Å²) < 4.78 is 0. The summed E-state index contributed by atoms with van der Waals surface area (Å²) in [5, 5.41) is 7.47. The Morgan fingerprint density at radius 2 is 2.29 bits per heavy atom. The van der Waals surface area contributed by atoms with Gasteiger partial charge in [0, 0.05) is 17.0 Å². The highest BCUT2D eigenvalue weighted by atomic mass is 32.2. The van der Waals surface area contributed by atoms with Crippen LogP contribution in [0.3, 0.4) is 0 Å². The Hall–Kier alpha value is -0.480. The third-order valence-corrected chi connectivity index (χ3v) is 3.75. The smallest absolute Gasteiger partial charge is 0.0835 e. The number of nitrogens with one attached hydrogen (secondary N) is 1. The van der Waals surface area contributed by atoms with Gasteiger partial charge in [0.15, 0.2) is 0 Å². The van der Waals surface area contributed by atoms with Crippen molar-refractivity contribution in [3.05, 3.63) is 17.0 Å². The van der Waals surface area contributed by atoms with Crippen molar-refractivity contribution in [2.75, 3.05) is 5.75 Å². The number of thioether (sulfide) groups is 1. The Bertz CT molecular complexity index is 319. The number of aryl methyl sites for hydroxylation is 1. The number of H-pyrrole nitrogens is 1. The van der Waals surface area contributed by atoms with Crippen molar-refractivity contribution in [2.24, 2.45) is 11.7 Å². The quantitative estimate of drug-likeness (QED) is 0.785. The molecule has 1 atom stereocenters. The number of hydrogen-bond acceptors (Lipinski definition) is 3. The first-order valence-electron chi connectivity index (χ1n) is 5.09. The molecule has 1 aromatic rings. The lowest BCUT2D eigenvalue weighted by atomic mass is 9.98. The topological polar surface area (TPSA) is 54.7 Å². The minimum absolute atomic E-state index is 0.0775. The standard InChI is InChI=1S/C10H17N3S/c1-6(2)9(11)10-7-5-14-4-3-8(7)12-13-10/h6,9H,3-5,11H2,1-2H3,(H,12,13). The van der Waals surface area contributed by atoms with E-state index in [0.29, 0.717) is 5.92 Å². The summed E-state index contributed by atoms with van der Waals surface area (Å²) in [5.41, 5.74) is 9.86. The summed E-state index contributed by atoms with van der Waals surface area (Å²) in [6.07, 6.45) is 1.11. The lowest BCUT2D eigenvalue weighted by molar-refractivity contribution is 0.500. The molecule has 3 nitrogen and oxygen atoms in total. The average Bonchev–Trinajstić information content (AvgIpc) is 2.60. The highest BCUT2D eigenvalue weighted by molar-refractivity contribution is 7.98. The maximum Gasteiger partial charge on any atom is 0.0835 e. The van der Waals surface area contributed by atoms with Gasteiger partial charge in [-0.1, -0.05) is 13.8 Å². The summed E-state index contributed by atoms with van der Waals surface area (Å²) in [6, 6.07) is 0.0775. The molecule has 4 heteroatoms. The van der Waals surface area contributed by atoms with Crippen molar-refractivity contribution >= 4 is 11.8 Å². The highest BCUT2D eigenvalue weighted by Crippen LogP contribution is 2.30. The van der Waals surface area contributed by atoms with Gasteiger partial charge in [-0.25, -0.2) is 0 Å². The van der Waals surface area contributed by atoms with E-state index in [2.05, 4.69) is 24.0 Å². The van der Waals surface area contributed by atoms with Crippen molar-refractivity contribution in [3.63, 3.8) is 0 Å². The van der Waals surface area contributed by atoms with E-state index >= 15 is 0 Å². The number of aromatic amines is 1. The van der Waals surface area contributed by atoms with Gasteiger partial charge in [-0.2, -0.15) is 16.9 Å². The number of aromatic nitrogens is 2. The van der Waals surface area contributed by atoms with Crippen LogP contribution in [0.4, 0.5) is 0 Å². The lowest BCUT2D eigenvalue weighted by Crippen LogP contribution is -2.19. The molecule has 0 aromatic carbocycles. The summed E-state index contributed by atoms with van der Waals surface area (Å²) >= 11 is 1.97. The number of nitrogens with two attached hydrogens (primary N) is 1. The molecule has 0 fully saturated rings. The molecular weight excluding hydrogens is 194 g/mol. The van der Waals surface area contributed by atoms with Gasteiger partial charge >= 0.3 is 0 Å². The minimum atomic E-state index is 0.0775. The average molecular weight is 211 g/mol. The molecule has 1 unspecified atom stereocenters. The molecule has 0 spiro atoms. The summed E-state index contributed by atoms with van der Waals surface area (Å²) in [5.74, 6) is 2.72. The van der Waals surface area contributed by atoms with Gasteiger partial charge in [-0.15, -0.1) is 0 Å². The van der Waals surface area contributed by atoms with Crippen LogP contribution in [0.1, 0.15) is 36.8 Å². The predicted molar refractivity (Wildman–Crippen MR) is 60.2 cm³/mol. The molecule has 0 aliphatic carbocycles. The van der Waals surface area contributed by atoms with Crippen molar-refractivity contribution in [1.82, 2.24) is 10.2 Å². The number of rotatable bonds is 2. The molecule has 0 bridgehead atoms. The maximum atomic E-state index is 6.11. The molecule has 0 radical (unpaired) electrons. The maximum absolute atomic E-state index is 6.11. The van der Waals surface area contributed by atoms with E-state index < -0.39 is 0 Å². The van der Waals surface area contributed by atoms with Gasteiger partial charge in [0.05, 0.1) is 11.7 Å². The van der Waals surface area contributed by atoms with Crippen molar-refractivity contribution in [3.8, 4) is 0 Å². The van der Waals surface area contributed by atoms with Crippen molar-refractivity contribution in [2.45, 2.75) is 32.1 Å². The summed E-state index contributed by atoms with van der Waals surface area (Å²) in [7, 11) is 0. The van der Waals surface area contributed by atoms with E-state index in [0.717, 1.165) is 17.9 Å². The molecule has 0 saturated carbocycles. The van der Waals surface area contributed by atoms with E-state index in [1.54, 1.807) is 0 Å². The van der Waals surface area contributed by atoms with Gasteiger partial charge in [0.25, 0.3) is 0 Å². The van der Waals surface area contributed by atoms with Crippen LogP contribution in [0, 0.1) is 5.92 Å². The zero-order valence-electron chi connectivity index (χ0n) is 8.71. The van der Waals surface area contributed by atoms with Gasteiger partial charge in [-0.3, -0.25) is 5.10 Å². The molecule has 1 aromatic heterocycles. The molecule has 0 saturated heterocycles. The van der Waals surface area contributed by atoms with E-state index in [1.807, 2.05) is 11.8 Å². The molecule has 78 valence electrons. The fourth-order valence-electron chi connectivity index (χ4n) is 1.73. The second-order valence-electron chi connectivity index (χ2n) is 4.14. The number of fused-ring (bicyclic) bond motifs is 1. The fourth-order valence-corrected chi connectivity index (χ4v) is 2.74. The van der Waals surface area contributed by atoms with Crippen LogP contribution in [0.2, 0.25) is 0 Å². The van der Waals surface area contributed by atoms with Crippen LogP contribution < -0.4 is 5.73 Å². The first-order valence-corrected chi connectivity index (χ1v) is 6.25. The normalized spacial score (nSPS) is 18.3. The Labute approximate surface area is 88.8 Å². The fraction of sp³-hybridized carbons (Fsp3) is 0.700. The van der Waals surface area contributed by atoms with E-state index in [-0.39, 0.29) is 6.04 Å². The molecular formula is C10H17N3S. The Kier molecular flexibility index (Phi) is 2.83. The molecule has 1 aliphatic rings. The predicted octanol–water partition coefficient (Wildman–Crippen LogP) is 1.85. The van der Waals surface area contributed by atoms with Gasteiger partial charge < -0.3 is 5.73 Å². The van der Waals surface area contributed by atoms with E-state index in [4.69, 9.17) is 5.73 Å². The zero-order chi connectivity index (χ0) is 10.1. The Balaban J connectivity index is 2.30. The zero-order valence-corrected chi connectivity index (χ0v) is 9.53. The van der Waals surface area contributed by atoms with Crippen LogP contribution in [0.25, 0.3) is 0 Å². The molecule has 14 heavy (non-hydrogen) atoms. The van der Waals surface area contributed by atoms with Crippen LogP contribution >= 0.6 is 11.8 Å². The third-order valence-electron chi connectivity index (χ3n) is 2.76. The monoisotopic (exact) mass is 211 g/mol. The number of nitrogens with zero attached hydrogens (tertiary/aromatic N) is 1. The molecule has 2 rings (SSSR count). The van der Waals surface area contributed by atoms with Crippen LogP contribution in [-0.4, -0.2) is 16.0 Å². The Morgan fingerprint density at radius 1 is 1.50 bits per heavy atom. The van der Waals surface area contributed by atoms with Gasteiger partial charge in [0.1, 0.15) is 0 Å². The van der Waals surface area contributed by atoms with Crippen LogP contribution in [0.15, 0.2) is 0 Å². The lowest BCUT2D eigenvalue weighted by Gasteiger charge is -2.17. The molecule has 2 heterocycles.